The summed E-state index contributed by atoms with van der Waals surface area (Å²) in [5.74, 6) is 0.544. The Morgan fingerprint density at radius 3 is 2.93 bits per heavy atom. The number of pyridine rings is 1. The predicted molar refractivity (Wildman–Crippen MR) is 57.4 cm³/mol. The molecule has 0 spiro atoms. The van der Waals surface area contributed by atoms with E-state index in [2.05, 4.69) is 4.98 Å². The molecule has 1 aliphatic heterocycles. The lowest BCUT2D eigenvalue weighted by molar-refractivity contribution is 0.0515. The van der Waals surface area contributed by atoms with Crippen molar-refractivity contribution in [3.8, 4) is 0 Å². The van der Waals surface area contributed by atoms with Gasteiger partial charge in [-0.2, -0.15) is 0 Å². The number of hydrogen-bond acceptors (Lipinski definition) is 3. The summed E-state index contributed by atoms with van der Waals surface area (Å²) >= 11 is 0. The minimum atomic E-state index is 0.0656. The first-order valence-corrected chi connectivity index (χ1v) is 5.11. The fourth-order valence-corrected chi connectivity index (χ4v) is 1.74. The third-order valence-electron chi connectivity index (χ3n) is 2.70. The zero-order chi connectivity index (χ0) is 10.8. The van der Waals surface area contributed by atoms with Crippen LogP contribution in [0.5, 0.6) is 0 Å². The summed E-state index contributed by atoms with van der Waals surface area (Å²) in [5.41, 5.74) is 7.19. The number of nitrogens with zero attached hydrogens (tertiary/aromatic N) is 2. The maximum atomic E-state index is 11.9. The van der Waals surface area contributed by atoms with E-state index in [1.54, 1.807) is 12.4 Å². The Bertz CT molecular complexity index is 372. The lowest BCUT2D eigenvalue weighted by atomic mass is 9.99. The van der Waals surface area contributed by atoms with Gasteiger partial charge in [-0.05, 0) is 25.1 Å². The maximum absolute atomic E-state index is 11.9. The summed E-state index contributed by atoms with van der Waals surface area (Å²) < 4.78 is 0. The summed E-state index contributed by atoms with van der Waals surface area (Å²) in [5, 5.41) is 0. The molecule has 1 aromatic heterocycles. The van der Waals surface area contributed by atoms with Gasteiger partial charge in [-0.15, -0.1) is 0 Å². The molecule has 0 aliphatic carbocycles. The highest BCUT2D eigenvalue weighted by Gasteiger charge is 2.30. The van der Waals surface area contributed by atoms with Crippen molar-refractivity contribution in [1.29, 1.82) is 0 Å². The Labute approximate surface area is 89.1 Å². The Kier molecular flexibility index (Phi) is 2.68. The molecule has 1 saturated heterocycles. The van der Waals surface area contributed by atoms with Crippen molar-refractivity contribution < 1.29 is 4.79 Å². The first kappa shape index (κ1) is 10.1. The average molecular weight is 205 g/mol. The smallest absolute Gasteiger partial charge is 0.255 e. The highest BCUT2D eigenvalue weighted by molar-refractivity contribution is 5.94. The van der Waals surface area contributed by atoms with Crippen molar-refractivity contribution in [3.05, 3.63) is 29.6 Å². The van der Waals surface area contributed by atoms with Gasteiger partial charge in [-0.25, -0.2) is 0 Å². The molecule has 1 aromatic rings. The highest BCUT2D eigenvalue weighted by Crippen LogP contribution is 2.17. The fraction of sp³-hybridized carbons (Fsp3) is 0.455. The summed E-state index contributed by atoms with van der Waals surface area (Å²) in [6.07, 6.45) is 3.36. The third-order valence-corrected chi connectivity index (χ3v) is 2.70. The number of rotatable bonds is 2. The van der Waals surface area contributed by atoms with Crippen molar-refractivity contribution in [2.45, 2.75) is 6.92 Å². The highest BCUT2D eigenvalue weighted by atomic mass is 16.2. The van der Waals surface area contributed by atoms with E-state index in [1.165, 1.54) is 0 Å². The average Bonchev–Trinajstić information content (AvgIpc) is 2.16. The molecule has 0 bridgehead atoms. The van der Waals surface area contributed by atoms with Gasteiger partial charge in [0.1, 0.15) is 0 Å². The number of hydrogen-bond donors (Lipinski definition) is 1. The topological polar surface area (TPSA) is 59.2 Å². The fourth-order valence-electron chi connectivity index (χ4n) is 1.74. The van der Waals surface area contributed by atoms with Crippen LogP contribution in [0.3, 0.4) is 0 Å². The molecule has 4 nitrogen and oxygen atoms in total. The van der Waals surface area contributed by atoms with Crippen LogP contribution in [0.1, 0.15) is 15.9 Å². The van der Waals surface area contributed by atoms with Gasteiger partial charge in [0, 0.05) is 31.4 Å². The molecule has 0 radical (unpaired) electrons. The van der Waals surface area contributed by atoms with Crippen LogP contribution in [0, 0.1) is 12.8 Å². The summed E-state index contributed by atoms with van der Waals surface area (Å²) in [7, 11) is 0. The molecule has 15 heavy (non-hydrogen) atoms. The molecule has 1 aliphatic rings. The van der Waals surface area contributed by atoms with Crippen LogP contribution in [0.15, 0.2) is 18.5 Å². The second-order valence-corrected chi connectivity index (χ2v) is 4.06. The van der Waals surface area contributed by atoms with Crippen molar-refractivity contribution in [1.82, 2.24) is 9.88 Å². The summed E-state index contributed by atoms with van der Waals surface area (Å²) in [4.78, 5) is 17.7. The molecule has 0 saturated carbocycles. The number of likely N-dealkylation sites (tertiary alicyclic amines) is 1. The van der Waals surface area contributed by atoms with Gasteiger partial charge in [0.15, 0.2) is 0 Å². The molecule has 0 aromatic carbocycles. The Hall–Kier alpha value is -1.42. The van der Waals surface area contributed by atoms with E-state index < -0.39 is 0 Å². The zero-order valence-corrected chi connectivity index (χ0v) is 8.81. The summed E-state index contributed by atoms with van der Waals surface area (Å²) in [6.45, 7) is 4.16. The second-order valence-electron chi connectivity index (χ2n) is 4.06. The van der Waals surface area contributed by atoms with E-state index >= 15 is 0 Å². The van der Waals surface area contributed by atoms with Crippen molar-refractivity contribution in [2.75, 3.05) is 19.6 Å². The van der Waals surface area contributed by atoms with Crippen LogP contribution in [-0.4, -0.2) is 35.4 Å². The predicted octanol–water partition coefficient (Wildman–Crippen LogP) is 0.421. The van der Waals surface area contributed by atoms with E-state index in [0.29, 0.717) is 18.0 Å². The molecule has 1 fully saturated rings. The number of carbonyl (C=O) groups excluding carboxylic acids is 1. The molecular weight excluding hydrogens is 190 g/mol. The van der Waals surface area contributed by atoms with Crippen LogP contribution in [0.2, 0.25) is 0 Å². The molecule has 0 unspecified atom stereocenters. The third kappa shape index (κ3) is 1.99. The van der Waals surface area contributed by atoms with E-state index in [9.17, 15) is 4.79 Å². The first-order chi connectivity index (χ1) is 7.20. The number of carbonyl (C=O) groups is 1. The van der Waals surface area contributed by atoms with Crippen molar-refractivity contribution in [2.24, 2.45) is 11.7 Å². The number of aromatic nitrogens is 1. The van der Waals surface area contributed by atoms with Crippen LogP contribution in [0.25, 0.3) is 0 Å². The molecule has 2 heterocycles. The molecule has 0 atom stereocenters. The largest absolute Gasteiger partial charge is 0.338 e. The van der Waals surface area contributed by atoms with Gasteiger partial charge in [0.05, 0.1) is 5.56 Å². The Morgan fingerprint density at radius 1 is 1.60 bits per heavy atom. The number of amides is 1. The lowest BCUT2D eigenvalue weighted by Gasteiger charge is -2.38. The monoisotopic (exact) mass is 205 g/mol. The SMILES string of the molecule is Cc1cncc(C(=O)N2CC(CN)C2)c1. The summed E-state index contributed by atoms with van der Waals surface area (Å²) in [6, 6.07) is 1.87. The molecule has 4 heteroatoms. The molecule has 2 N–H and O–H groups in total. The van der Waals surface area contributed by atoms with Gasteiger partial charge in [0.2, 0.25) is 0 Å². The number of aryl methyl sites for hydroxylation is 1. The van der Waals surface area contributed by atoms with Gasteiger partial charge in [-0.1, -0.05) is 0 Å². The van der Waals surface area contributed by atoms with Crippen LogP contribution in [-0.2, 0) is 0 Å². The minimum Gasteiger partial charge on any atom is -0.338 e. The minimum absolute atomic E-state index is 0.0656. The molecular formula is C11H15N3O. The zero-order valence-electron chi connectivity index (χ0n) is 8.81. The normalized spacial score (nSPS) is 16.3. The van der Waals surface area contributed by atoms with Crippen molar-refractivity contribution >= 4 is 5.91 Å². The van der Waals surface area contributed by atoms with E-state index in [0.717, 1.165) is 18.7 Å². The standard InChI is InChI=1S/C11H15N3O/c1-8-2-10(5-13-4-8)11(15)14-6-9(3-12)7-14/h2,4-5,9H,3,6-7,12H2,1H3. The Morgan fingerprint density at radius 2 is 2.33 bits per heavy atom. The van der Waals surface area contributed by atoms with Gasteiger partial charge in [-0.3, -0.25) is 9.78 Å². The van der Waals surface area contributed by atoms with E-state index in [4.69, 9.17) is 5.73 Å². The molecule has 80 valence electrons. The Balaban J connectivity index is 2.03. The van der Waals surface area contributed by atoms with E-state index in [-0.39, 0.29) is 5.91 Å². The van der Waals surface area contributed by atoms with Gasteiger partial charge in [0.25, 0.3) is 5.91 Å². The van der Waals surface area contributed by atoms with Crippen LogP contribution in [0.4, 0.5) is 0 Å². The number of nitrogens with two attached hydrogens (primary N) is 1. The van der Waals surface area contributed by atoms with E-state index in [1.807, 2.05) is 17.9 Å². The molecule has 1 amide bonds. The van der Waals surface area contributed by atoms with Gasteiger partial charge < -0.3 is 10.6 Å². The quantitative estimate of drug-likeness (QED) is 0.761. The van der Waals surface area contributed by atoms with Gasteiger partial charge >= 0.3 is 0 Å². The van der Waals surface area contributed by atoms with Crippen LogP contribution >= 0.6 is 0 Å². The van der Waals surface area contributed by atoms with Crippen molar-refractivity contribution in [3.63, 3.8) is 0 Å². The lowest BCUT2D eigenvalue weighted by Crippen LogP contribution is -2.52. The molecule has 2 rings (SSSR count). The van der Waals surface area contributed by atoms with Crippen LogP contribution < -0.4 is 5.73 Å². The first-order valence-electron chi connectivity index (χ1n) is 5.11. The maximum Gasteiger partial charge on any atom is 0.255 e. The second kappa shape index (κ2) is 3.98.